The number of rotatable bonds is 7. The molecule has 0 bridgehead atoms. The highest BCUT2D eigenvalue weighted by Gasteiger charge is 2.18. The van der Waals surface area contributed by atoms with Gasteiger partial charge in [-0.3, -0.25) is 0 Å². The highest BCUT2D eigenvalue weighted by Crippen LogP contribution is 2.19. The van der Waals surface area contributed by atoms with Crippen molar-refractivity contribution in [2.24, 2.45) is 0 Å². The Kier molecular flexibility index (Phi) is 6.98. The molecule has 90 valence electrons. The Bertz CT molecular complexity index is 144. The fraction of sp³-hybridized carbons (Fsp3) is 1.00. The Hall–Kier alpha value is -0.120. The van der Waals surface area contributed by atoms with Gasteiger partial charge in [-0.05, 0) is 38.5 Å². The molecule has 1 heterocycles. The lowest BCUT2D eigenvalue weighted by Crippen LogP contribution is -2.28. The summed E-state index contributed by atoms with van der Waals surface area (Å²) in [6, 6.07) is 0. The fourth-order valence-corrected chi connectivity index (χ4v) is 1.95. The first-order valence-corrected chi connectivity index (χ1v) is 6.24. The largest absolute Gasteiger partial charge is 0.396 e. The summed E-state index contributed by atoms with van der Waals surface area (Å²) in [5.74, 6) is 0. The molecule has 0 radical (unpaired) electrons. The van der Waals surface area contributed by atoms with E-state index in [1.54, 1.807) is 0 Å². The molecule has 0 spiro atoms. The summed E-state index contributed by atoms with van der Waals surface area (Å²) in [6.07, 6.45) is 7.65. The monoisotopic (exact) mass is 216 g/mol. The van der Waals surface area contributed by atoms with Crippen LogP contribution in [0, 0.1) is 0 Å². The zero-order valence-corrected chi connectivity index (χ0v) is 9.78. The first-order chi connectivity index (χ1) is 7.36. The lowest BCUT2D eigenvalue weighted by molar-refractivity contribution is -0.190. The maximum Gasteiger partial charge on any atom is 0.157 e. The van der Waals surface area contributed by atoms with Crippen molar-refractivity contribution in [2.75, 3.05) is 13.2 Å². The van der Waals surface area contributed by atoms with E-state index in [-0.39, 0.29) is 19.0 Å². The molecule has 2 atom stereocenters. The van der Waals surface area contributed by atoms with E-state index < -0.39 is 0 Å². The third-order valence-electron chi connectivity index (χ3n) is 2.78. The SMILES string of the molecule is CCC[C@@H](CCCO)OC1CCCCO1. The van der Waals surface area contributed by atoms with Gasteiger partial charge in [0.15, 0.2) is 6.29 Å². The Morgan fingerprint density at radius 1 is 1.40 bits per heavy atom. The van der Waals surface area contributed by atoms with Gasteiger partial charge in [-0.2, -0.15) is 0 Å². The number of aliphatic hydroxyl groups is 1. The van der Waals surface area contributed by atoms with E-state index in [0.29, 0.717) is 0 Å². The zero-order valence-electron chi connectivity index (χ0n) is 9.78. The van der Waals surface area contributed by atoms with Crippen LogP contribution >= 0.6 is 0 Å². The van der Waals surface area contributed by atoms with Crippen LogP contribution in [0.1, 0.15) is 51.9 Å². The third-order valence-corrected chi connectivity index (χ3v) is 2.78. The van der Waals surface area contributed by atoms with Gasteiger partial charge < -0.3 is 14.6 Å². The second-order valence-corrected chi connectivity index (χ2v) is 4.21. The molecule has 15 heavy (non-hydrogen) atoms. The topological polar surface area (TPSA) is 38.7 Å². The Morgan fingerprint density at radius 3 is 2.87 bits per heavy atom. The van der Waals surface area contributed by atoms with E-state index in [1.807, 2.05) is 0 Å². The summed E-state index contributed by atoms with van der Waals surface area (Å²) in [5, 5.41) is 8.80. The molecule has 1 fully saturated rings. The van der Waals surface area contributed by atoms with E-state index in [1.165, 1.54) is 6.42 Å². The molecule has 1 N–H and O–H groups in total. The van der Waals surface area contributed by atoms with Gasteiger partial charge in [0.25, 0.3) is 0 Å². The van der Waals surface area contributed by atoms with Crippen molar-refractivity contribution >= 4 is 0 Å². The Morgan fingerprint density at radius 2 is 2.27 bits per heavy atom. The zero-order chi connectivity index (χ0) is 10.9. The second-order valence-electron chi connectivity index (χ2n) is 4.21. The smallest absolute Gasteiger partial charge is 0.157 e. The molecule has 0 saturated carbocycles. The molecule has 0 aromatic rings. The number of ether oxygens (including phenoxy) is 2. The highest BCUT2D eigenvalue weighted by molar-refractivity contribution is 4.61. The van der Waals surface area contributed by atoms with Gasteiger partial charge in [-0.1, -0.05) is 13.3 Å². The van der Waals surface area contributed by atoms with Gasteiger partial charge in [-0.15, -0.1) is 0 Å². The average molecular weight is 216 g/mol. The Labute approximate surface area is 92.8 Å². The lowest BCUT2D eigenvalue weighted by atomic mass is 10.1. The number of hydrogen-bond donors (Lipinski definition) is 1. The highest BCUT2D eigenvalue weighted by atomic mass is 16.7. The minimum absolute atomic E-state index is 0.00833. The van der Waals surface area contributed by atoms with Crippen LogP contribution in [-0.2, 0) is 9.47 Å². The first-order valence-electron chi connectivity index (χ1n) is 6.24. The van der Waals surface area contributed by atoms with Crippen LogP contribution in [0.15, 0.2) is 0 Å². The number of aliphatic hydroxyl groups excluding tert-OH is 1. The van der Waals surface area contributed by atoms with Gasteiger partial charge in [0.05, 0.1) is 6.10 Å². The summed E-state index contributed by atoms with van der Waals surface area (Å²) in [7, 11) is 0. The van der Waals surface area contributed by atoms with Crippen molar-refractivity contribution in [3.8, 4) is 0 Å². The van der Waals surface area contributed by atoms with Crippen LogP contribution in [0.3, 0.4) is 0 Å². The molecule has 0 aromatic carbocycles. The summed E-state index contributed by atoms with van der Waals surface area (Å²) in [5.41, 5.74) is 0. The average Bonchev–Trinajstić information content (AvgIpc) is 2.28. The van der Waals surface area contributed by atoms with E-state index in [0.717, 1.165) is 45.1 Å². The molecule has 1 saturated heterocycles. The number of hydrogen-bond acceptors (Lipinski definition) is 3. The summed E-state index contributed by atoms with van der Waals surface area (Å²) < 4.78 is 11.5. The van der Waals surface area contributed by atoms with E-state index in [2.05, 4.69) is 6.92 Å². The summed E-state index contributed by atoms with van der Waals surface area (Å²) in [6.45, 7) is 3.26. The quantitative estimate of drug-likeness (QED) is 0.710. The van der Waals surface area contributed by atoms with Gasteiger partial charge in [0, 0.05) is 13.2 Å². The molecule has 1 unspecified atom stereocenters. The first kappa shape index (κ1) is 12.9. The van der Waals surface area contributed by atoms with Crippen LogP contribution < -0.4 is 0 Å². The van der Waals surface area contributed by atoms with Crippen LogP contribution in [-0.4, -0.2) is 30.7 Å². The standard InChI is InChI=1S/C12H24O3/c1-2-6-11(7-5-9-13)15-12-8-3-4-10-14-12/h11-13H,2-10H2,1H3/t11-,12?/m0/s1. The van der Waals surface area contributed by atoms with Gasteiger partial charge >= 0.3 is 0 Å². The van der Waals surface area contributed by atoms with E-state index in [4.69, 9.17) is 14.6 Å². The summed E-state index contributed by atoms with van der Waals surface area (Å²) >= 11 is 0. The molecule has 1 aliphatic rings. The van der Waals surface area contributed by atoms with Crippen LogP contribution in [0.25, 0.3) is 0 Å². The fourth-order valence-electron chi connectivity index (χ4n) is 1.95. The molecule has 0 amide bonds. The van der Waals surface area contributed by atoms with Crippen molar-refractivity contribution in [1.82, 2.24) is 0 Å². The summed E-state index contributed by atoms with van der Waals surface area (Å²) in [4.78, 5) is 0. The molecular formula is C12H24O3. The molecular weight excluding hydrogens is 192 g/mol. The van der Waals surface area contributed by atoms with E-state index in [9.17, 15) is 0 Å². The molecule has 0 aromatic heterocycles. The van der Waals surface area contributed by atoms with Crippen molar-refractivity contribution in [2.45, 2.75) is 64.3 Å². The molecule has 1 aliphatic heterocycles. The third kappa shape index (κ3) is 5.50. The predicted molar refractivity (Wildman–Crippen MR) is 59.7 cm³/mol. The van der Waals surface area contributed by atoms with Gasteiger partial charge in [-0.25, -0.2) is 0 Å². The van der Waals surface area contributed by atoms with Crippen LogP contribution in [0.2, 0.25) is 0 Å². The maximum atomic E-state index is 8.80. The lowest BCUT2D eigenvalue weighted by Gasteiger charge is -2.27. The van der Waals surface area contributed by atoms with Crippen LogP contribution in [0.4, 0.5) is 0 Å². The van der Waals surface area contributed by atoms with E-state index >= 15 is 0 Å². The van der Waals surface area contributed by atoms with Crippen molar-refractivity contribution in [3.05, 3.63) is 0 Å². The van der Waals surface area contributed by atoms with Crippen molar-refractivity contribution < 1.29 is 14.6 Å². The van der Waals surface area contributed by atoms with Crippen molar-refractivity contribution in [1.29, 1.82) is 0 Å². The molecule has 0 aliphatic carbocycles. The Balaban J connectivity index is 2.21. The normalized spacial score (nSPS) is 24.0. The second kappa shape index (κ2) is 8.08. The molecule has 1 rings (SSSR count). The minimum atomic E-state index is 0.00833. The molecule has 3 heteroatoms. The van der Waals surface area contributed by atoms with Gasteiger partial charge in [0.1, 0.15) is 0 Å². The van der Waals surface area contributed by atoms with Crippen molar-refractivity contribution in [3.63, 3.8) is 0 Å². The maximum absolute atomic E-state index is 8.80. The van der Waals surface area contributed by atoms with Gasteiger partial charge in [0.2, 0.25) is 0 Å². The minimum Gasteiger partial charge on any atom is -0.396 e. The predicted octanol–water partition coefficient (Wildman–Crippen LogP) is 2.47. The van der Waals surface area contributed by atoms with Crippen LogP contribution in [0.5, 0.6) is 0 Å². The molecule has 3 nitrogen and oxygen atoms in total.